The van der Waals surface area contributed by atoms with E-state index in [1.165, 1.54) is 12.1 Å². The van der Waals surface area contributed by atoms with Crippen molar-refractivity contribution in [3.63, 3.8) is 0 Å². The number of hydrogen-bond acceptors (Lipinski definition) is 3. The summed E-state index contributed by atoms with van der Waals surface area (Å²) in [5.41, 5.74) is 1.86. The Balaban J connectivity index is 1.80. The Hall–Kier alpha value is -2.34. The van der Waals surface area contributed by atoms with Crippen LogP contribution in [0, 0.1) is 5.82 Å². The van der Waals surface area contributed by atoms with Crippen molar-refractivity contribution in [3.8, 4) is 11.5 Å². The summed E-state index contributed by atoms with van der Waals surface area (Å²) in [5, 5.41) is 3.83. The second-order valence-corrected chi connectivity index (χ2v) is 6.28. The van der Waals surface area contributed by atoms with E-state index in [1.54, 1.807) is 26.4 Å². The van der Waals surface area contributed by atoms with E-state index in [4.69, 9.17) is 21.7 Å². The molecule has 25 heavy (non-hydrogen) atoms. The molecule has 0 radical (unpaired) electrons. The quantitative estimate of drug-likeness (QED) is 0.819. The number of methoxy groups -OCH3 is 2. The highest BCUT2D eigenvalue weighted by Crippen LogP contribution is 2.39. The average Bonchev–Trinajstić information content (AvgIpc) is 3.12. The van der Waals surface area contributed by atoms with Crippen LogP contribution in [-0.2, 0) is 0 Å². The highest BCUT2D eigenvalue weighted by molar-refractivity contribution is 7.80. The molecule has 1 fully saturated rings. The summed E-state index contributed by atoms with van der Waals surface area (Å²) >= 11 is 5.59. The van der Waals surface area contributed by atoms with E-state index in [0.717, 1.165) is 42.1 Å². The van der Waals surface area contributed by atoms with Gasteiger partial charge in [0.05, 0.1) is 20.3 Å². The van der Waals surface area contributed by atoms with Gasteiger partial charge in [-0.05, 0) is 61.5 Å². The van der Waals surface area contributed by atoms with Crippen LogP contribution in [0.5, 0.6) is 11.5 Å². The van der Waals surface area contributed by atoms with E-state index in [1.807, 2.05) is 18.2 Å². The molecule has 0 aliphatic carbocycles. The summed E-state index contributed by atoms with van der Waals surface area (Å²) in [5.74, 6) is 1.29. The largest absolute Gasteiger partial charge is 0.497 e. The van der Waals surface area contributed by atoms with Crippen molar-refractivity contribution in [2.45, 2.75) is 18.9 Å². The van der Waals surface area contributed by atoms with Crippen molar-refractivity contribution in [1.29, 1.82) is 0 Å². The number of hydrogen-bond donors (Lipinski definition) is 1. The number of halogens is 1. The first-order valence-electron chi connectivity index (χ1n) is 8.17. The minimum absolute atomic E-state index is 0.140. The van der Waals surface area contributed by atoms with Gasteiger partial charge in [-0.3, -0.25) is 0 Å². The molecule has 2 aromatic rings. The van der Waals surface area contributed by atoms with Crippen molar-refractivity contribution < 1.29 is 13.9 Å². The fourth-order valence-electron chi connectivity index (χ4n) is 3.16. The van der Waals surface area contributed by atoms with Crippen molar-refractivity contribution >= 4 is 23.0 Å². The maximum absolute atomic E-state index is 13.1. The van der Waals surface area contributed by atoms with Gasteiger partial charge in [0, 0.05) is 23.9 Å². The van der Waals surface area contributed by atoms with Crippen molar-refractivity contribution in [2.24, 2.45) is 0 Å². The molecular formula is C19H21FN2O2S. The van der Waals surface area contributed by atoms with Gasteiger partial charge < -0.3 is 19.7 Å². The summed E-state index contributed by atoms with van der Waals surface area (Å²) < 4.78 is 23.9. The Morgan fingerprint density at radius 3 is 2.60 bits per heavy atom. The van der Waals surface area contributed by atoms with Crippen LogP contribution < -0.4 is 14.8 Å². The Morgan fingerprint density at radius 1 is 1.16 bits per heavy atom. The molecule has 6 heteroatoms. The highest BCUT2D eigenvalue weighted by atomic mass is 32.1. The molecule has 0 spiro atoms. The summed E-state index contributed by atoms with van der Waals surface area (Å²) in [7, 11) is 3.30. The molecule has 0 amide bonds. The first-order valence-corrected chi connectivity index (χ1v) is 8.58. The predicted octanol–water partition coefficient (Wildman–Crippen LogP) is 4.38. The summed E-state index contributed by atoms with van der Waals surface area (Å²) in [6.07, 6.45) is 2.04. The molecule has 3 rings (SSSR count). The van der Waals surface area contributed by atoms with Gasteiger partial charge in [0.1, 0.15) is 17.3 Å². The number of thiocarbonyl (C=S) groups is 1. The first-order chi connectivity index (χ1) is 12.1. The second kappa shape index (κ2) is 7.70. The van der Waals surface area contributed by atoms with Crippen LogP contribution in [0.1, 0.15) is 24.4 Å². The van der Waals surface area contributed by atoms with Gasteiger partial charge in [-0.15, -0.1) is 0 Å². The third-order valence-corrected chi connectivity index (χ3v) is 4.75. The van der Waals surface area contributed by atoms with Gasteiger partial charge in [-0.25, -0.2) is 4.39 Å². The highest BCUT2D eigenvalue weighted by Gasteiger charge is 2.30. The summed E-state index contributed by atoms with van der Waals surface area (Å²) in [6, 6.07) is 12.2. The van der Waals surface area contributed by atoms with E-state index in [9.17, 15) is 4.39 Å². The van der Waals surface area contributed by atoms with E-state index < -0.39 is 0 Å². The lowest BCUT2D eigenvalue weighted by Gasteiger charge is -2.29. The number of nitrogens with one attached hydrogen (secondary N) is 1. The molecule has 1 aliphatic heterocycles. The lowest BCUT2D eigenvalue weighted by atomic mass is 10.0. The number of ether oxygens (including phenoxy) is 2. The van der Waals surface area contributed by atoms with Crippen LogP contribution in [0.15, 0.2) is 42.5 Å². The average molecular weight is 360 g/mol. The predicted molar refractivity (Wildman–Crippen MR) is 101 cm³/mol. The molecule has 1 N–H and O–H groups in total. The zero-order chi connectivity index (χ0) is 17.8. The molecule has 1 saturated heterocycles. The summed E-state index contributed by atoms with van der Waals surface area (Å²) in [6.45, 7) is 0.868. The number of rotatable bonds is 4. The molecule has 4 nitrogen and oxygen atoms in total. The zero-order valence-electron chi connectivity index (χ0n) is 14.3. The maximum Gasteiger partial charge on any atom is 0.173 e. The molecular weight excluding hydrogens is 339 g/mol. The third-order valence-electron chi connectivity index (χ3n) is 4.41. The van der Waals surface area contributed by atoms with E-state index >= 15 is 0 Å². The molecule has 1 aliphatic rings. The normalized spacial score (nSPS) is 16.6. The molecule has 2 aromatic carbocycles. The van der Waals surface area contributed by atoms with Crippen LogP contribution in [0.25, 0.3) is 0 Å². The number of benzene rings is 2. The summed E-state index contributed by atoms with van der Waals surface area (Å²) in [4.78, 5) is 2.16. The Labute approximate surface area is 152 Å². The topological polar surface area (TPSA) is 33.7 Å². The van der Waals surface area contributed by atoms with Crippen molar-refractivity contribution in [1.82, 2.24) is 4.90 Å². The molecule has 0 saturated carbocycles. The Bertz CT molecular complexity index is 752. The van der Waals surface area contributed by atoms with Crippen LogP contribution in [0.4, 0.5) is 10.1 Å². The molecule has 0 unspecified atom stereocenters. The fourth-order valence-corrected chi connectivity index (χ4v) is 3.49. The Morgan fingerprint density at radius 2 is 1.92 bits per heavy atom. The van der Waals surface area contributed by atoms with Crippen LogP contribution >= 0.6 is 12.2 Å². The number of anilines is 1. The van der Waals surface area contributed by atoms with Gasteiger partial charge >= 0.3 is 0 Å². The number of likely N-dealkylation sites (tertiary alicyclic amines) is 1. The van der Waals surface area contributed by atoms with Gasteiger partial charge in [0.25, 0.3) is 0 Å². The van der Waals surface area contributed by atoms with Crippen LogP contribution in [-0.4, -0.2) is 30.8 Å². The van der Waals surface area contributed by atoms with Crippen molar-refractivity contribution in [3.05, 3.63) is 53.8 Å². The van der Waals surface area contributed by atoms with E-state index in [0.29, 0.717) is 5.11 Å². The maximum atomic E-state index is 13.1. The van der Waals surface area contributed by atoms with Gasteiger partial charge in [-0.1, -0.05) is 0 Å². The lowest BCUT2D eigenvalue weighted by Crippen LogP contribution is -2.34. The van der Waals surface area contributed by atoms with E-state index in [-0.39, 0.29) is 11.9 Å². The minimum atomic E-state index is -0.265. The van der Waals surface area contributed by atoms with Gasteiger partial charge in [0.15, 0.2) is 5.11 Å². The Kier molecular flexibility index (Phi) is 5.38. The van der Waals surface area contributed by atoms with Crippen LogP contribution in [0.2, 0.25) is 0 Å². The SMILES string of the molecule is COc1ccc([C@@H]2CCCN2C(=S)Nc2ccc(F)cc2)c(OC)c1. The van der Waals surface area contributed by atoms with Gasteiger partial charge in [-0.2, -0.15) is 0 Å². The molecule has 0 aromatic heterocycles. The van der Waals surface area contributed by atoms with Gasteiger partial charge in [0.2, 0.25) is 0 Å². The third kappa shape index (κ3) is 3.85. The number of nitrogens with zero attached hydrogens (tertiary/aromatic N) is 1. The standard InChI is InChI=1S/C19H21FN2O2S/c1-23-15-9-10-16(18(12-15)24-2)17-4-3-11-22(17)19(25)21-14-7-5-13(20)6-8-14/h5-10,12,17H,3-4,11H2,1-2H3,(H,21,25)/t17-/m0/s1. The monoisotopic (exact) mass is 360 g/mol. The first kappa shape index (κ1) is 17.5. The second-order valence-electron chi connectivity index (χ2n) is 5.90. The zero-order valence-corrected chi connectivity index (χ0v) is 15.1. The molecule has 1 heterocycles. The molecule has 132 valence electrons. The van der Waals surface area contributed by atoms with E-state index in [2.05, 4.69) is 10.2 Å². The molecule has 0 bridgehead atoms. The van der Waals surface area contributed by atoms with Crippen LogP contribution in [0.3, 0.4) is 0 Å². The lowest BCUT2D eigenvalue weighted by molar-refractivity contribution is 0.362. The minimum Gasteiger partial charge on any atom is -0.497 e. The smallest absolute Gasteiger partial charge is 0.173 e. The fraction of sp³-hybridized carbons (Fsp3) is 0.316. The molecule has 1 atom stereocenters. The van der Waals surface area contributed by atoms with Crippen molar-refractivity contribution in [2.75, 3.05) is 26.1 Å².